The average Bonchev–Trinajstić information content (AvgIpc) is 2.61. The molecule has 1 fully saturated rings. The molecule has 2 amide bonds. The van der Waals surface area contributed by atoms with E-state index in [9.17, 15) is 9.59 Å². The van der Waals surface area contributed by atoms with Crippen molar-refractivity contribution in [3.8, 4) is 0 Å². The van der Waals surface area contributed by atoms with E-state index in [1.165, 1.54) is 4.90 Å². The Morgan fingerprint density at radius 1 is 1.12 bits per heavy atom. The Morgan fingerprint density at radius 3 is 2.67 bits per heavy atom. The van der Waals surface area contributed by atoms with E-state index in [1.807, 2.05) is 36.4 Å². The first-order chi connectivity index (χ1) is 11.7. The van der Waals surface area contributed by atoms with Gasteiger partial charge in [-0.2, -0.15) is 0 Å². The van der Waals surface area contributed by atoms with Crippen LogP contribution in [0.25, 0.3) is 0 Å². The van der Waals surface area contributed by atoms with Crippen molar-refractivity contribution in [3.05, 3.63) is 60.2 Å². The summed E-state index contributed by atoms with van der Waals surface area (Å²) in [6.07, 6.45) is 0.990. The van der Waals surface area contributed by atoms with Gasteiger partial charge in [0.25, 0.3) is 0 Å². The quantitative estimate of drug-likeness (QED) is 0.880. The third-order valence-electron chi connectivity index (χ3n) is 4.01. The Hall–Kier alpha value is -2.27. The molecule has 24 heavy (non-hydrogen) atoms. The van der Waals surface area contributed by atoms with Crippen LogP contribution in [0.3, 0.4) is 0 Å². The van der Waals surface area contributed by atoms with E-state index in [0.717, 1.165) is 10.5 Å². The predicted molar refractivity (Wildman–Crippen MR) is 94.6 cm³/mol. The molecule has 0 radical (unpaired) electrons. The summed E-state index contributed by atoms with van der Waals surface area (Å²) < 4.78 is 0. The average molecular weight is 340 g/mol. The number of carbonyl (C=O) groups excluding carboxylic acids is 2. The molecule has 0 aromatic heterocycles. The molecule has 5 heteroatoms. The fourth-order valence-corrected chi connectivity index (χ4v) is 3.66. The van der Waals surface area contributed by atoms with Crippen molar-refractivity contribution in [3.63, 3.8) is 0 Å². The molecule has 1 saturated heterocycles. The molecule has 2 aromatic rings. The third-order valence-corrected chi connectivity index (χ3v) is 5.14. The number of benzene rings is 2. The fourth-order valence-electron chi connectivity index (χ4n) is 2.70. The van der Waals surface area contributed by atoms with Crippen LogP contribution < -0.4 is 10.6 Å². The normalized spacial score (nSPS) is 17.2. The van der Waals surface area contributed by atoms with E-state index in [1.54, 1.807) is 11.8 Å². The summed E-state index contributed by atoms with van der Waals surface area (Å²) in [4.78, 5) is 26.0. The maximum Gasteiger partial charge on any atom is 0.223 e. The number of carbonyl (C=O) groups is 2. The van der Waals surface area contributed by atoms with Gasteiger partial charge in [0.1, 0.15) is 0 Å². The largest absolute Gasteiger partial charge is 0.356 e. The maximum atomic E-state index is 12.3. The van der Waals surface area contributed by atoms with Gasteiger partial charge in [0.15, 0.2) is 0 Å². The predicted octanol–water partition coefficient (Wildman–Crippen LogP) is 2.98. The Kier molecular flexibility index (Phi) is 5.54. The highest BCUT2D eigenvalue weighted by Gasteiger charge is 2.25. The highest BCUT2D eigenvalue weighted by atomic mass is 32.2. The minimum Gasteiger partial charge on any atom is -0.356 e. The van der Waals surface area contributed by atoms with Crippen molar-refractivity contribution < 1.29 is 9.59 Å². The molecule has 4 nitrogen and oxygen atoms in total. The number of nitrogens with one attached hydrogen (secondary N) is 2. The van der Waals surface area contributed by atoms with E-state index >= 15 is 0 Å². The van der Waals surface area contributed by atoms with E-state index in [0.29, 0.717) is 19.5 Å². The lowest BCUT2D eigenvalue weighted by Crippen LogP contribution is -2.40. The molecule has 0 saturated carbocycles. The highest BCUT2D eigenvalue weighted by Crippen LogP contribution is 2.30. The second-order valence-corrected chi connectivity index (χ2v) is 6.90. The van der Waals surface area contributed by atoms with Gasteiger partial charge < -0.3 is 10.6 Å². The van der Waals surface area contributed by atoms with Crippen LogP contribution in [0.5, 0.6) is 0 Å². The Balaban J connectivity index is 1.63. The van der Waals surface area contributed by atoms with Crippen molar-refractivity contribution in [2.24, 2.45) is 5.92 Å². The summed E-state index contributed by atoms with van der Waals surface area (Å²) in [6.45, 7) is 1.06. The molecule has 124 valence electrons. The SMILES string of the molecule is O=C1C[C@@H](C(=O)NCc2ccccc2Sc2ccccc2)CCN1. The Morgan fingerprint density at radius 2 is 1.88 bits per heavy atom. The first kappa shape index (κ1) is 16.6. The second kappa shape index (κ2) is 8.02. The van der Waals surface area contributed by atoms with Crippen LogP contribution in [-0.2, 0) is 16.1 Å². The van der Waals surface area contributed by atoms with E-state index < -0.39 is 0 Å². The maximum absolute atomic E-state index is 12.3. The van der Waals surface area contributed by atoms with Gasteiger partial charge in [-0.15, -0.1) is 0 Å². The van der Waals surface area contributed by atoms with Crippen molar-refractivity contribution in [1.29, 1.82) is 0 Å². The van der Waals surface area contributed by atoms with E-state index in [-0.39, 0.29) is 24.2 Å². The van der Waals surface area contributed by atoms with Gasteiger partial charge in [0, 0.05) is 35.2 Å². The topological polar surface area (TPSA) is 58.2 Å². The lowest BCUT2D eigenvalue weighted by atomic mass is 9.96. The van der Waals surface area contributed by atoms with Gasteiger partial charge in [-0.25, -0.2) is 0 Å². The number of piperidine rings is 1. The molecule has 0 bridgehead atoms. The van der Waals surface area contributed by atoms with Crippen molar-refractivity contribution in [2.75, 3.05) is 6.54 Å². The summed E-state index contributed by atoms with van der Waals surface area (Å²) >= 11 is 1.69. The van der Waals surface area contributed by atoms with Crippen LogP contribution >= 0.6 is 11.8 Å². The van der Waals surface area contributed by atoms with Crippen LogP contribution in [0.4, 0.5) is 0 Å². The third kappa shape index (κ3) is 4.38. The van der Waals surface area contributed by atoms with Gasteiger partial charge in [-0.1, -0.05) is 48.2 Å². The number of amides is 2. The molecule has 0 unspecified atom stereocenters. The monoisotopic (exact) mass is 340 g/mol. The minimum absolute atomic E-state index is 0.0376. The van der Waals surface area contributed by atoms with Crippen LogP contribution in [0.15, 0.2) is 64.4 Å². The molecule has 1 aliphatic heterocycles. The molecule has 2 aromatic carbocycles. The molecule has 0 spiro atoms. The van der Waals surface area contributed by atoms with Crippen LogP contribution in [0.1, 0.15) is 18.4 Å². The summed E-state index contributed by atoms with van der Waals surface area (Å²) in [5, 5.41) is 5.74. The van der Waals surface area contributed by atoms with Crippen LogP contribution in [0.2, 0.25) is 0 Å². The standard InChI is InChI=1S/C19H20N2O2S/c22-18-12-14(10-11-20-18)19(23)21-13-15-6-4-5-9-17(15)24-16-7-2-1-3-8-16/h1-9,14H,10-13H2,(H,20,22)(H,21,23)/t14-/m0/s1. The number of hydrogen-bond donors (Lipinski definition) is 2. The van der Waals surface area contributed by atoms with Gasteiger partial charge in [-0.3, -0.25) is 9.59 Å². The van der Waals surface area contributed by atoms with Gasteiger partial charge in [-0.05, 0) is 30.2 Å². The van der Waals surface area contributed by atoms with Gasteiger partial charge in [0.2, 0.25) is 11.8 Å². The Labute approximate surface area is 146 Å². The van der Waals surface area contributed by atoms with Crippen LogP contribution in [-0.4, -0.2) is 18.4 Å². The van der Waals surface area contributed by atoms with Crippen molar-refractivity contribution in [2.45, 2.75) is 29.2 Å². The highest BCUT2D eigenvalue weighted by molar-refractivity contribution is 7.99. The first-order valence-corrected chi connectivity index (χ1v) is 8.89. The molecule has 2 N–H and O–H groups in total. The summed E-state index contributed by atoms with van der Waals surface area (Å²) in [5.41, 5.74) is 1.08. The molecule has 1 heterocycles. The summed E-state index contributed by atoms with van der Waals surface area (Å²) in [7, 11) is 0. The van der Waals surface area contributed by atoms with Crippen molar-refractivity contribution >= 4 is 23.6 Å². The summed E-state index contributed by atoms with van der Waals surface area (Å²) in [6, 6.07) is 18.2. The number of hydrogen-bond acceptors (Lipinski definition) is 3. The Bertz CT molecular complexity index is 718. The van der Waals surface area contributed by atoms with E-state index in [4.69, 9.17) is 0 Å². The summed E-state index contributed by atoms with van der Waals surface area (Å²) in [5.74, 6) is -0.293. The zero-order valence-corrected chi connectivity index (χ0v) is 14.1. The first-order valence-electron chi connectivity index (χ1n) is 8.07. The zero-order valence-electron chi connectivity index (χ0n) is 13.3. The lowest BCUT2D eigenvalue weighted by molar-refractivity contribution is -0.132. The molecule has 0 aliphatic carbocycles. The molecule has 1 atom stereocenters. The minimum atomic E-state index is -0.215. The van der Waals surface area contributed by atoms with Gasteiger partial charge >= 0.3 is 0 Å². The molecule has 1 aliphatic rings. The second-order valence-electron chi connectivity index (χ2n) is 5.78. The van der Waals surface area contributed by atoms with Crippen molar-refractivity contribution in [1.82, 2.24) is 10.6 Å². The number of rotatable bonds is 5. The lowest BCUT2D eigenvalue weighted by Gasteiger charge is -2.21. The molecular weight excluding hydrogens is 320 g/mol. The van der Waals surface area contributed by atoms with E-state index in [2.05, 4.69) is 28.8 Å². The molecular formula is C19H20N2O2S. The van der Waals surface area contributed by atoms with Gasteiger partial charge in [0.05, 0.1) is 0 Å². The smallest absolute Gasteiger partial charge is 0.223 e. The van der Waals surface area contributed by atoms with Crippen LogP contribution in [0, 0.1) is 5.92 Å². The fraction of sp³-hybridized carbons (Fsp3) is 0.263. The zero-order chi connectivity index (χ0) is 16.8. The molecule has 3 rings (SSSR count).